The predicted octanol–water partition coefficient (Wildman–Crippen LogP) is 4.95. The number of amides is 1. The highest BCUT2D eigenvalue weighted by molar-refractivity contribution is 5.94. The van der Waals surface area contributed by atoms with Crippen LogP contribution in [0.5, 0.6) is 0 Å². The van der Waals surface area contributed by atoms with Crippen LogP contribution >= 0.6 is 0 Å². The molecule has 0 atom stereocenters. The smallest absolute Gasteiger partial charge is 0.410 e. The van der Waals surface area contributed by atoms with Crippen molar-refractivity contribution in [3.63, 3.8) is 0 Å². The summed E-state index contributed by atoms with van der Waals surface area (Å²) in [5, 5.41) is 12.2. The molecule has 0 spiro atoms. The average Bonchev–Trinajstić information content (AvgIpc) is 2.99. The number of anilines is 2. The van der Waals surface area contributed by atoms with Crippen LogP contribution in [0.2, 0.25) is 0 Å². The number of pyridine rings is 1. The molecule has 1 fully saturated rings. The number of hydrogen-bond acceptors (Lipinski definition) is 6. The minimum Gasteiger partial charge on any atom is -0.477 e. The molecule has 0 unspecified atom stereocenters. The van der Waals surface area contributed by atoms with E-state index in [1.807, 2.05) is 42.5 Å². The molecule has 8 heteroatoms. The number of nitrogens with zero attached hydrogens (tertiary/aromatic N) is 4. The van der Waals surface area contributed by atoms with Crippen LogP contribution in [-0.2, 0) is 24.3 Å². The van der Waals surface area contributed by atoms with Crippen molar-refractivity contribution in [3.8, 4) is 0 Å². The summed E-state index contributed by atoms with van der Waals surface area (Å²) in [5.74, 6) is -1.04. The fraction of sp³-hybridized carbons (Fsp3) is 0.258. The topological polar surface area (TPSA) is 86.2 Å². The molecule has 1 N–H and O–H groups in total. The number of aromatic carboxylic acids is 1. The van der Waals surface area contributed by atoms with Gasteiger partial charge in [0.15, 0.2) is 5.69 Å². The standard InChI is InChI=1S/C31H30N4O4/c36-30(37)26-19-29(33-15-17-34(18-16-33)31(38)39-21-22-7-2-1-3-8-22)25-13-14-35(20-27(25)32-26)28-12-6-10-23-9-4-5-11-24(23)28/h1-12,19H,13-18,20-21H2,(H,36,37). The lowest BCUT2D eigenvalue weighted by atomic mass is 9.99. The van der Waals surface area contributed by atoms with E-state index in [9.17, 15) is 14.7 Å². The van der Waals surface area contributed by atoms with Gasteiger partial charge in [-0.1, -0.05) is 66.7 Å². The summed E-state index contributed by atoms with van der Waals surface area (Å²) in [6, 6.07) is 25.9. The van der Waals surface area contributed by atoms with E-state index in [1.54, 1.807) is 11.0 Å². The Kier molecular flexibility index (Phi) is 6.75. The number of fused-ring (bicyclic) bond motifs is 2. The molecular weight excluding hydrogens is 492 g/mol. The molecule has 1 aromatic heterocycles. The lowest BCUT2D eigenvalue weighted by molar-refractivity contribution is 0.0690. The van der Waals surface area contributed by atoms with Crippen molar-refractivity contribution >= 4 is 34.2 Å². The molecule has 0 saturated carbocycles. The Morgan fingerprint density at radius 3 is 2.36 bits per heavy atom. The van der Waals surface area contributed by atoms with Gasteiger partial charge in [-0.15, -0.1) is 0 Å². The Hall–Kier alpha value is -4.59. The molecule has 2 aliphatic rings. The van der Waals surface area contributed by atoms with Gasteiger partial charge in [0.1, 0.15) is 6.61 Å². The molecule has 3 aromatic carbocycles. The highest BCUT2D eigenvalue weighted by Crippen LogP contribution is 2.34. The van der Waals surface area contributed by atoms with E-state index in [2.05, 4.69) is 45.1 Å². The fourth-order valence-corrected chi connectivity index (χ4v) is 5.54. The fourth-order valence-electron chi connectivity index (χ4n) is 5.54. The highest BCUT2D eigenvalue weighted by Gasteiger charge is 2.29. The van der Waals surface area contributed by atoms with Gasteiger partial charge in [0.05, 0.1) is 12.2 Å². The number of piperazine rings is 1. The molecule has 0 aliphatic carbocycles. The van der Waals surface area contributed by atoms with Gasteiger partial charge in [-0.25, -0.2) is 14.6 Å². The minimum atomic E-state index is -1.04. The van der Waals surface area contributed by atoms with E-state index >= 15 is 0 Å². The molecular formula is C31H30N4O4. The largest absolute Gasteiger partial charge is 0.477 e. The van der Waals surface area contributed by atoms with Crippen LogP contribution in [-0.4, -0.2) is 59.8 Å². The van der Waals surface area contributed by atoms with Gasteiger partial charge in [-0.3, -0.25) is 0 Å². The molecule has 39 heavy (non-hydrogen) atoms. The lowest BCUT2D eigenvalue weighted by Gasteiger charge is -2.38. The third-order valence-electron chi connectivity index (χ3n) is 7.57. The predicted molar refractivity (Wildman–Crippen MR) is 150 cm³/mol. The van der Waals surface area contributed by atoms with Gasteiger partial charge in [0.25, 0.3) is 0 Å². The zero-order valence-electron chi connectivity index (χ0n) is 21.6. The van der Waals surface area contributed by atoms with Crippen LogP contribution < -0.4 is 9.80 Å². The van der Waals surface area contributed by atoms with Crippen LogP contribution in [0.15, 0.2) is 78.9 Å². The van der Waals surface area contributed by atoms with Crippen LogP contribution in [0, 0.1) is 0 Å². The third-order valence-corrected chi connectivity index (χ3v) is 7.57. The molecule has 2 aliphatic heterocycles. The summed E-state index contributed by atoms with van der Waals surface area (Å²) in [4.78, 5) is 35.4. The molecule has 1 saturated heterocycles. The highest BCUT2D eigenvalue weighted by atomic mass is 16.6. The number of hydrogen-bond donors (Lipinski definition) is 1. The van der Waals surface area contributed by atoms with Gasteiger partial charge in [-0.2, -0.15) is 0 Å². The molecule has 6 rings (SSSR count). The van der Waals surface area contributed by atoms with Gasteiger partial charge in [0, 0.05) is 55.0 Å². The van der Waals surface area contributed by atoms with Crippen molar-refractivity contribution in [2.75, 3.05) is 42.5 Å². The summed E-state index contributed by atoms with van der Waals surface area (Å²) < 4.78 is 5.51. The molecule has 4 aromatic rings. The van der Waals surface area contributed by atoms with Crippen LogP contribution in [0.25, 0.3) is 10.8 Å². The third kappa shape index (κ3) is 5.10. The number of rotatable bonds is 5. The first-order chi connectivity index (χ1) is 19.1. The van der Waals surface area contributed by atoms with Crippen molar-refractivity contribution in [3.05, 3.63) is 101 Å². The number of aromatic nitrogens is 1. The van der Waals surface area contributed by atoms with Crippen molar-refractivity contribution in [1.29, 1.82) is 0 Å². The average molecular weight is 523 g/mol. The van der Waals surface area contributed by atoms with Gasteiger partial charge in [-0.05, 0) is 29.5 Å². The molecule has 0 radical (unpaired) electrons. The monoisotopic (exact) mass is 522 g/mol. The van der Waals surface area contributed by atoms with E-state index < -0.39 is 5.97 Å². The summed E-state index contributed by atoms with van der Waals surface area (Å²) in [6.07, 6.45) is 0.437. The van der Waals surface area contributed by atoms with E-state index in [1.165, 1.54) is 10.8 Å². The molecule has 1 amide bonds. The lowest BCUT2D eigenvalue weighted by Crippen LogP contribution is -2.49. The Labute approximate surface area is 227 Å². The van der Waals surface area contributed by atoms with Gasteiger partial charge < -0.3 is 24.5 Å². The first-order valence-corrected chi connectivity index (χ1v) is 13.3. The number of ether oxygens (including phenoxy) is 1. The first kappa shape index (κ1) is 24.7. The SMILES string of the molecule is O=C(O)c1cc(N2CCN(C(=O)OCc3ccccc3)CC2)c2c(n1)CN(c1cccc3ccccc13)CC2. The molecule has 3 heterocycles. The Balaban J connectivity index is 1.19. The maximum atomic E-state index is 12.6. The molecule has 0 bridgehead atoms. The number of carboxylic acid groups (broad SMARTS) is 1. The zero-order chi connectivity index (χ0) is 26.8. The first-order valence-electron chi connectivity index (χ1n) is 13.3. The van der Waals surface area contributed by atoms with Crippen molar-refractivity contribution in [2.45, 2.75) is 19.6 Å². The zero-order valence-corrected chi connectivity index (χ0v) is 21.6. The number of benzene rings is 3. The quantitative estimate of drug-likeness (QED) is 0.397. The summed E-state index contributed by atoms with van der Waals surface area (Å²) in [5.41, 5.74) is 4.93. The molecule has 198 valence electrons. The second kappa shape index (κ2) is 10.6. The number of carbonyl (C=O) groups is 2. The Morgan fingerprint density at radius 2 is 1.56 bits per heavy atom. The van der Waals surface area contributed by atoms with Crippen LogP contribution in [0.3, 0.4) is 0 Å². The Morgan fingerprint density at radius 1 is 0.821 bits per heavy atom. The number of carbonyl (C=O) groups excluding carboxylic acids is 1. The van der Waals surface area contributed by atoms with E-state index in [4.69, 9.17) is 4.74 Å². The number of carboxylic acids is 1. The maximum Gasteiger partial charge on any atom is 0.410 e. The van der Waals surface area contributed by atoms with Gasteiger partial charge in [0.2, 0.25) is 0 Å². The minimum absolute atomic E-state index is 0.0493. The maximum absolute atomic E-state index is 12.6. The van der Waals surface area contributed by atoms with Crippen LogP contribution in [0.1, 0.15) is 27.3 Å². The Bertz CT molecular complexity index is 1510. The second-order valence-corrected chi connectivity index (χ2v) is 9.94. The van der Waals surface area contributed by atoms with E-state index in [0.29, 0.717) is 32.7 Å². The molecule has 8 nitrogen and oxygen atoms in total. The van der Waals surface area contributed by atoms with Crippen molar-refractivity contribution in [1.82, 2.24) is 9.88 Å². The van der Waals surface area contributed by atoms with Gasteiger partial charge >= 0.3 is 12.1 Å². The normalized spacial score (nSPS) is 15.2. The summed E-state index contributed by atoms with van der Waals surface area (Å²) in [7, 11) is 0. The van der Waals surface area contributed by atoms with Crippen molar-refractivity contribution < 1.29 is 19.4 Å². The second-order valence-electron chi connectivity index (χ2n) is 9.94. The van der Waals surface area contributed by atoms with E-state index in [0.717, 1.165) is 41.2 Å². The summed E-state index contributed by atoms with van der Waals surface area (Å²) in [6.45, 7) is 3.82. The van der Waals surface area contributed by atoms with Crippen LogP contribution in [0.4, 0.5) is 16.2 Å². The van der Waals surface area contributed by atoms with Crippen molar-refractivity contribution in [2.24, 2.45) is 0 Å². The summed E-state index contributed by atoms with van der Waals surface area (Å²) >= 11 is 0. The van der Waals surface area contributed by atoms with E-state index in [-0.39, 0.29) is 18.4 Å².